The van der Waals surface area contributed by atoms with E-state index in [0.29, 0.717) is 6.42 Å². The first kappa shape index (κ1) is 17.1. The fraction of sp³-hybridized carbons (Fsp3) is 0.600. The molecule has 1 aromatic rings. The van der Waals surface area contributed by atoms with Crippen LogP contribution in [0.15, 0.2) is 24.3 Å². The van der Waals surface area contributed by atoms with Crippen molar-refractivity contribution in [2.45, 2.75) is 39.2 Å². The van der Waals surface area contributed by atoms with Crippen LogP contribution in [0.1, 0.15) is 32.3 Å². The van der Waals surface area contributed by atoms with E-state index in [4.69, 9.17) is 0 Å². The van der Waals surface area contributed by atoms with Gasteiger partial charge < -0.3 is 5.32 Å². The van der Waals surface area contributed by atoms with E-state index in [1.54, 1.807) is 13.0 Å². The van der Waals surface area contributed by atoms with Crippen molar-refractivity contribution in [3.63, 3.8) is 0 Å². The van der Waals surface area contributed by atoms with Crippen LogP contribution in [0.4, 0.5) is 4.39 Å². The number of nitrogens with one attached hydrogen (secondary N) is 1. The first-order chi connectivity index (χ1) is 9.46. The number of halogens is 1. The van der Waals surface area contributed by atoms with E-state index >= 15 is 0 Å². The molecule has 0 aliphatic rings. The summed E-state index contributed by atoms with van der Waals surface area (Å²) in [7, 11) is -2.90. The van der Waals surface area contributed by atoms with Crippen molar-refractivity contribution in [3.05, 3.63) is 35.6 Å². The molecule has 0 heterocycles. The van der Waals surface area contributed by atoms with Gasteiger partial charge >= 0.3 is 0 Å². The lowest BCUT2D eigenvalue weighted by Crippen LogP contribution is -2.31. The predicted octanol–water partition coefficient (Wildman–Crippen LogP) is 2.56. The zero-order valence-electron chi connectivity index (χ0n) is 12.2. The summed E-state index contributed by atoms with van der Waals surface area (Å²) >= 11 is 0. The van der Waals surface area contributed by atoms with E-state index in [0.717, 1.165) is 24.9 Å². The van der Waals surface area contributed by atoms with Crippen molar-refractivity contribution in [2.24, 2.45) is 0 Å². The average Bonchev–Trinajstić information content (AvgIpc) is 2.39. The maximum atomic E-state index is 13.2. The van der Waals surface area contributed by atoms with Gasteiger partial charge in [-0.25, -0.2) is 12.8 Å². The second-order valence-electron chi connectivity index (χ2n) is 4.97. The number of likely N-dealkylation sites (N-methyl/N-ethyl adjacent to an activating group) is 1. The summed E-state index contributed by atoms with van der Waals surface area (Å²) in [5.41, 5.74) is 0.939. The minimum absolute atomic E-state index is 0.189. The molecule has 0 aliphatic carbocycles. The molecular weight excluding hydrogens is 277 g/mol. The van der Waals surface area contributed by atoms with Gasteiger partial charge in [-0.3, -0.25) is 0 Å². The van der Waals surface area contributed by atoms with Gasteiger partial charge in [0.1, 0.15) is 15.7 Å². The Morgan fingerprint density at radius 3 is 2.65 bits per heavy atom. The molecule has 1 atom stereocenters. The molecule has 114 valence electrons. The summed E-state index contributed by atoms with van der Waals surface area (Å²) < 4.78 is 36.1. The molecule has 5 heteroatoms. The summed E-state index contributed by atoms with van der Waals surface area (Å²) in [5.74, 6) is 0.198. The van der Waals surface area contributed by atoms with E-state index < -0.39 is 9.84 Å². The van der Waals surface area contributed by atoms with E-state index in [9.17, 15) is 12.8 Å². The molecule has 1 aromatic carbocycles. The van der Waals surface area contributed by atoms with Crippen LogP contribution in [0.5, 0.6) is 0 Å². The van der Waals surface area contributed by atoms with Crippen LogP contribution < -0.4 is 5.32 Å². The lowest BCUT2D eigenvalue weighted by molar-refractivity contribution is 0.483. The highest BCUT2D eigenvalue weighted by molar-refractivity contribution is 7.91. The Morgan fingerprint density at radius 2 is 2.05 bits per heavy atom. The summed E-state index contributed by atoms with van der Waals surface area (Å²) in [6.07, 6.45) is 2.14. The molecule has 1 rings (SSSR count). The van der Waals surface area contributed by atoms with Crippen LogP contribution in [0.2, 0.25) is 0 Å². The molecule has 0 saturated carbocycles. The van der Waals surface area contributed by atoms with Gasteiger partial charge in [0.15, 0.2) is 0 Å². The molecule has 0 fully saturated rings. The minimum atomic E-state index is -2.90. The molecule has 0 aromatic heterocycles. The number of hydrogen-bond acceptors (Lipinski definition) is 3. The van der Waals surface area contributed by atoms with E-state index in [1.807, 2.05) is 13.0 Å². The van der Waals surface area contributed by atoms with Gasteiger partial charge in [-0.05, 0) is 43.5 Å². The Labute approximate surface area is 121 Å². The highest BCUT2D eigenvalue weighted by Crippen LogP contribution is 2.10. The third-order valence-electron chi connectivity index (χ3n) is 3.31. The maximum absolute atomic E-state index is 13.2. The highest BCUT2D eigenvalue weighted by atomic mass is 32.2. The summed E-state index contributed by atoms with van der Waals surface area (Å²) in [4.78, 5) is 0. The molecular formula is C15H24FNO2S. The van der Waals surface area contributed by atoms with Gasteiger partial charge in [-0.15, -0.1) is 0 Å². The second-order valence-corrected chi connectivity index (χ2v) is 7.44. The van der Waals surface area contributed by atoms with Gasteiger partial charge in [0.2, 0.25) is 0 Å². The van der Waals surface area contributed by atoms with E-state index in [2.05, 4.69) is 5.32 Å². The highest BCUT2D eigenvalue weighted by Gasteiger charge is 2.12. The number of hydrogen-bond donors (Lipinski definition) is 1. The zero-order valence-corrected chi connectivity index (χ0v) is 13.0. The molecule has 0 saturated heterocycles. The van der Waals surface area contributed by atoms with Gasteiger partial charge in [0.25, 0.3) is 0 Å². The molecule has 3 nitrogen and oxygen atoms in total. The third-order valence-corrected chi connectivity index (χ3v) is 5.10. The molecule has 0 radical (unpaired) electrons. The van der Waals surface area contributed by atoms with Crippen LogP contribution in [0.25, 0.3) is 0 Å². The van der Waals surface area contributed by atoms with Crippen LogP contribution in [0.3, 0.4) is 0 Å². The van der Waals surface area contributed by atoms with Crippen molar-refractivity contribution in [2.75, 3.05) is 18.1 Å². The Kier molecular flexibility index (Phi) is 7.16. The van der Waals surface area contributed by atoms with E-state index in [-0.39, 0.29) is 23.4 Å². The third kappa shape index (κ3) is 6.48. The largest absolute Gasteiger partial charge is 0.314 e. The average molecular weight is 301 g/mol. The molecule has 0 bridgehead atoms. The second kappa shape index (κ2) is 8.37. The first-order valence-corrected chi connectivity index (χ1v) is 8.97. The van der Waals surface area contributed by atoms with Crippen LogP contribution >= 0.6 is 0 Å². The fourth-order valence-electron chi connectivity index (χ4n) is 2.21. The number of sulfone groups is 1. The molecule has 20 heavy (non-hydrogen) atoms. The zero-order chi connectivity index (χ0) is 15.0. The van der Waals surface area contributed by atoms with Gasteiger partial charge in [-0.2, -0.15) is 0 Å². The van der Waals surface area contributed by atoms with Crippen LogP contribution in [-0.4, -0.2) is 32.5 Å². The molecule has 1 unspecified atom stereocenters. The predicted molar refractivity (Wildman–Crippen MR) is 81.1 cm³/mol. The fourth-order valence-corrected chi connectivity index (χ4v) is 3.10. The Morgan fingerprint density at radius 1 is 1.30 bits per heavy atom. The Balaban J connectivity index is 2.52. The van der Waals surface area contributed by atoms with E-state index in [1.165, 1.54) is 12.1 Å². The summed E-state index contributed by atoms with van der Waals surface area (Å²) in [5, 5.41) is 3.34. The summed E-state index contributed by atoms with van der Waals surface area (Å²) in [6.45, 7) is 4.51. The van der Waals surface area contributed by atoms with Gasteiger partial charge in [-0.1, -0.05) is 26.0 Å². The maximum Gasteiger partial charge on any atom is 0.150 e. The minimum Gasteiger partial charge on any atom is -0.314 e. The van der Waals surface area contributed by atoms with Gasteiger partial charge in [0, 0.05) is 11.8 Å². The van der Waals surface area contributed by atoms with Crippen molar-refractivity contribution in [3.8, 4) is 0 Å². The van der Waals surface area contributed by atoms with Crippen LogP contribution in [0, 0.1) is 5.82 Å². The lowest BCUT2D eigenvalue weighted by Gasteiger charge is -2.18. The van der Waals surface area contributed by atoms with Crippen LogP contribution in [-0.2, 0) is 16.3 Å². The number of rotatable bonds is 9. The van der Waals surface area contributed by atoms with Crippen molar-refractivity contribution >= 4 is 9.84 Å². The Hall–Kier alpha value is -0.940. The van der Waals surface area contributed by atoms with Crippen molar-refractivity contribution < 1.29 is 12.8 Å². The normalized spacial score (nSPS) is 13.3. The topological polar surface area (TPSA) is 46.2 Å². The molecule has 0 spiro atoms. The van der Waals surface area contributed by atoms with Crippen molar-refractivity contribution in [1.82, 2.24) is 5.32 Å². The standard InChI is InChI=1S/C15H24FNO2S/c1-3-17-15(9-6-10-20(18,19)4-2)12-13-7-5-8-14(16)11-13/h5,7-8,11,15,17H,3-4,6,9-10,12H2,1-2H3. The monoisotopic (exact) mass is 301 g/mol. The van der Waals surface area contributed by atoms with Gasteiger partial charge in [0.05, 0.1) is 5.75 Å². The quantitative estimate of drug-likeness (QED) is 0.762. The lowest BCUT2D eigenvalue weighted by atomic mass is 10.0. The van der Waals surface area contributed by atoms with Crippen molar-refractivity contribution in [1.29, 1.82) is 0 Å². The number of benzene rings is 1. The molecule has 1 N–H and O–H groups in total. The molecule has 0 aliphatic heterocycles. The summed E-state index contributed by atoms with van der Waals surface area (Å²) in [6, 6.07) is 6.76. The smallest absolute Gasteiger partial charge is 0.150 e. The first-order valence-electron chi connectivity index (χ1n) is 7.15. The molecule has 0 amide bonds. The Bertz CT molecular complexity index is 502. The SMILES string of the molecule is CCNC(CCCS(=O)(=O)CC)Cc1cccc(F)c1.